The number of hydrogen-bond donors (Lipinski definition) is 2. The van der Waals surface area contributed by atoms with Crippen LogP contribution in [0.1, 0.15) is 12.8 Å². The van der Waals surface area contributed by atoms with Crippen LogP contribution in [-0.4, -0.2) is 31.9 Å². The first-order chi connectivity index (χ1) is 15.2. The molecule has 2 unspecified atom stereocenters. The smallest absolute Gasteiger partial charge is 0.238 e. The summed E-state index contributed by atoms with van der Waals surface area (Å²) in [4.78, 5) is 39.6. The highest BCUT2D eigenvalue weighted by Gasteiger charge is 2.47. The third-order valence-electron chi connectivity index (χ3n) is 5.44. The van der Waals surface area contributed by atoms with E-state index in [1.54, 1.807) is 24.3 Å². The van der Waals surface area contributed by atoms with E-state index in [1.807, 2.05) is 12.2 Å². The zero-order valence-electron chi connectivity index (χ0n) is 16.9. The second-order valence-corrected chi connectivity index (χ2v) is 10.2. The Bertz CT molecular complexity index is 1170. The normalized spacial score (nSPS) is 20.3. The van der Waals surface area contributed by atoms with Crippen LogP contribution >= 0.6 is 11.8 Å². The van der Waals surface area contributed by atoms with Crippen LogP contribution in [0.25, 0.3) is 0 Å². The first-order valence-corrected chi connectivity index (χ1v) is 12.5. The summed E-state index contributed by atoms with van der Waals surface area (Å²) in [6, 6.07) is 12.6. The molecule has 2 atom stereocenters. The van der Waals surface area contributed by atoms with Crippen molar-refractivity contribution in [2.24, 2.45) is 17.0 Å². The number of carbonyl (C=O) groups excluding carboxylic acids is 3. The highest BCUT2D eigenvalue weighted by atomic mass is 32.2. The monoisotopic (exact) mass is 471 g/mol. The molecule has 4 rings (SSSR count). The number of amides is 3. The molecule has 1 aliphatic heterocycles. The number of hydrogen-bond acceptors (Lipinski definition) is 6. The Hall–Kier alpha value is -2.95. The molecule has 10 heteroatoms. The molecule has 0 saturated carbocycles. The van der Waals surface area contributed by atoms with E-state index >= 15 is 0 Å². The van der Waals surface area contributed by atoms with Gasteiger partial charge in [0.25, 0.3) is 0 Å². The third-order valence-corrected chi connectivity index (χ3v) is 7.38. The van der Waals surface area contributed by atoms with Gasteiger partial charge in [-0.05, 0) is 61.4 Å². The molecule has 32 heavy (non-hydrogen) atoms. The molecule has 1 heterocycles. The van der Waals surface area contributed by atoms with Gasteiger partial charge >= 0.3 is 0 Å². The van der Waals surface area contributed by atoms with Gasteiger partial charge in [0.2, 0.25) is 27.7 Å². The lowest BCUT2D eigenvalue weighted by Gasteiger charge is -2.15. The van der Waals surface area contributed by atoms with Crippen LogP contribution in [0.4, 0.5) is 11.4 Å². The molecule has 2 aliphatic rings. The van der Waals surface area contributed by atoms with Crippen molar-refractivity contribution in [2.45, 2.75) is 22.6 Å². The van der Waals surface area contributed by atoms with Crippen molar-refractivity contribution in [1.82, 2.24) is 0 Å². The van der Waals surface area contributed by atoms with Gasteiger partial charge in [-0.15, -0.1) is 11.8 Å². The highest BCUT2D eigenvalue weighted by molar-refractivity contribution is 8.00. The number of nitrogens with two attached hydrogens (primary N) is 1. The minimum Gasteiger partial charge on any atom is -0.325 e. The number of carbonyl (C=O) groups is 3. The summed E-state index contributed by atoms with van der Waals surface area (Å²) in [6.45, 7) is 0. The lowest BCUT2D eigenvalue weighted by atomic mass is 9.85. The fourth-order valence-electron chi connectivity index (χ4n) is 3.82. The van der Waals surface area contributed by atoms with Crippen molar-refractivity contribution in [3.05, 3.63) is 60.7 Å². The van der Waals surface area contributed by atoms with Gasteiger partial charge in [-0.1, -0.05) is 12.2 Å². The van der Waals surface area contributed by atoms with Gasteiger partial charge < -0.3 is 5.32 Å². The van der Waals surface area contributed by atoms with Crippen molar-refractivity contribution in [2.75, 3.05) is 16.0 Å². The molecule has 0 aromatic heterocycles. The van der Waals surface area contributed by atoms with E-state index in [9.17, 15) is 22.8 Å². The lowest BCUT2D eigenvalue weighted by Crippen LogP contribution is -2.30. The van der Waals surface area contributed by atoms with E-state index in [4.69, 9.17) is 5.14 Å². The topological polar surface area (TPSA) is 127 Å². The van der Waals surface area contributed by atoms with Crippen LogP contribution in [0.15, 0.2) is 70.5 Å². The number of rotatable bonds is 6. The summed E-state index contributed by atoms with van der Waals surface area (Å²) < 4.78 is 22.6. The molecule has 166 valence electrons. The maximum absolute atomic E-state index is 12.7. The number of nitrogens with zero attached hydrogens (tertiary/aromatic N) is 1. The second-order valence-electron chi connectivity index (χ2n) is 7.57. The zero-order chi connectivity index (χ0) is 22.9. The van der Waals surface area contributed by atoms with Crippen LogP contribution in [0.3, 0.4) is 0 Å². The van der Waals surface area contributed by atoms with Crippen molar-refractivity contribution < 1.29 is 22.8 Å². The van der Waals surface area contributed by atoms with Crippen LogP contribution in [-0.2, 0) is 24.4 Å². The molecular formula is C22H21N3O5S2. The van der Waals surface area contributed by atoms with Crippen molar-refractivity contribution in [3.63, 3.8) is 0 Å². The number of anilines is 2. The Morgan fingerprint density at radius 2 is 1.53 bits per heavy atom. The summed E-state index contributed by atoms with van der Waals surface area (Å²) >= 11 is 1.30. The summed E-state index contributed by atoms with van der Waals surface area (Å²) in [5, 5.41) is 7.74. The summed E-state index contributed by atoms with van der Waals surface area (Å²) in [5.74, 6) is -0.985. The van der Waals surface area contributed by atoms with Gasteiger partial charge in [0.15, 0.2) is 0 Å². The lowest BCUT2D eigenvalue weighted by molar-refractivity contribution is -0.122. The number of benzene rings is 2. The van der Waals surface area contributed by atoms with Gasteiger partial charge in [-0.2, -0.15) is 0 Å². The van der Waals surface area contributed by atoms with E-state index in [0.717, 1.165) is 4.90 Å². The van der Waals surface area contributed by atoms with E-state index in [1.165, 1.54) is 40.9 Å². The predicted molar refractivity (Wildman–Crippen MR) is 121 cm³/mol. The van der Waals surface area contributed by atoms with Gasteiger partial charge in [-0.25, -0.2) is 13.6 Å². The zero-order valence-corrected chi connectivity index (χ0v) is 18.6. The van der Waals surface area contributed by atoms with Gasteiger partial charge in [-0.3, -0.25) is 19.3 Å². The van der Waals surface area contributed by atoms with Crippen molar-refractivity contribution >= 4 is 50.9 Å². The first-order valence-electron chi connectivity index (χ1n) is 9.92. The molecule has 0 spiro atoms. The molecule has 0 bridgehead atoms. The van der Waals surface area contributed by atoms with Crippen LogP contribution in [0.2, 0.25) is 0 Å². The molecule has 8 nitrogen and oxygen atoms in total. The minimum atomic E-state index is -3.78. The SMILES string of the molecule is NS(=O)(=O)c1ccc(NC(=O)CSc2ccc(N3C(=O)C4CC=CCC4C3=O)cc2)cc1. The van der Waals surface area contributed by atoms with Crippen LogP contribution in [0.5, 0.6) is 0 Å². The number of imide groups is 1. The summed E-state index contributed by atoms with van der Waals surface area (Å²) in [6.07, 6.45) is 5.10. The van der Waals surface area contributed by atoms with E-state index in [-0.39, 0.29) is 40.2 Å². The van der Waals surface area contributed by atoms with E-state index < -0.39 is 10.0 Å². The molecule has 2 aromatic carbocycles. The number of sulfonamides is 1. The van der Waals surface area contributed by atoms with Gasteiger partial charge in [0, 0.05) is 10.6 Å². The fraction of sp³-hybridized carbons (Fsp3) is 0.227. The Morgan fingerprint density at radius 1 is 0.969 bits per heavy atom. The molecule has 3 N–H and O–H groups in total. The number of nitrogens with one attached hydrogen (secondary N) is 1. The molecule has 1 saturated heterocycles. The average Bonchev–Trinajstić information content (AvgIpc) is 3.03. The molecule has 2 aromatic rings. The molecule has 1 aliphatic carbocycles. The molecular weight excluding hydrogens is 450 g/mol. The second kappa shape index (κ2) is 8.89. The van der Waals surface area contributed by atoms with Gasteiger partial charge in [0.1, 0.15) is 0 Å². The quantitative estimate of drug-likeness (QED) is 0.379. The van der Waals surface area contributed by atoms with Crippen LogP contribution < -0.4 is 15.4 Å². The van der Waals surface area contributed by atoms with E-state index in [2.05, 4.69) is 5.32 Å². The summed E-state index contributed by atoms with van der Waals surface area (Å²) in [7, 11) is -3.78. The Labute approximate surface area is 189 Å². The van der Waals surface area contributed by atoms with Gasteiger partial charge in [0.05, 0.1) is 28.2 Å². The van der Waals surface area contributed by atoms with Crippen molar-refractivity contribution in [1.29, 1.82) is 0 Å². The average molecular weight is 472 g/mol. The maximum atomic E-state index is 12.7. The number of fused-ring (bicyclic) bond motifs is 1. The number of primary sulfonamides is 1. The predicted octanol–water partition coefficient (Wildman–Crippen LogP) is 2.52. The first kappa shape index (κ1) is 22.3. The maximum Gasteiger partial charge on any atom is 0.238 e. The fourth-order valence-corrected chi connectivity index (χ4v) is 5.03. The number of allylic oxidation sites excluding steroid dienone is 2. The largest absolute Gasteiger partial charge is 0.325 e. The minimum absolute atomic E-state index is 0.0320. The Morgan fingerprint density at radius 3 is 2.06 bits per heavy atom. The highest BCUT2D eigenvalue weighted by Crippen LogP contribution is 2.38. The van der Waals surface area contributed by atoms with Crippen molar-refractivity contribution in [3.8, 4) is 0 Å². The number of thioether (sulfide) groups is 1. The third kappa shape index (κ3) is 4.62. The summed E-state index contributed by atoms with van der Waals surface area (Å²) in [5.41, 5.74) is 0.999. The van der Waals surface area contributed by atoms with E-state index in [0.29, 0.717) is 24.2 Å². The molecule has 0 radical (unpaired) electrons. The Kier molecular flexibility index (Phi) is 6.18. The molecule has 1 fully saturated rings. The molecule has 3 amide bonds. The Balaban J connectivity index is 1.34. The van der Waals surface area contributed by atoms with Crippen LogP contribution in [0, 0.1) is 11.8 Å². The standard InChI is InChI=1S/C22H21N3O5S2/c23-32(29,30)17-11-5-14(6-12-17)24-20(26)13-31-16-9-7-15(8-10-16)25-21(27)18-3-1-2-4-19(18)22(25)28/h1-2,5-12,18-19H,3-4,13H2,(H,24,26)(H2,23,29,30).